The van der Waals surface area contributed by atoms with Gasteiger partial charge in [-0.25, -0.2) is 4.98 Å². The van der Waals surface area contributed by atoms with E-state index in [0.29, 0.717) is 29.4 Å². The summed E-state index contributed by atoms with van der Waals surface area (Å²) in [5.41, 5.74) is 3.57. The van der Waals surface area contributed by atoms with E-state index >= 15 is 0 Å². The van der Waals surface area contributed by atoms with Gasteiger partial charge in [0.15, 0.2) is 0 Å². The second-order valence-corrected chi connectivity index (χ2v) is 5.03. The van der Waals surface area contributed by atoms with Crippen LogP contribution in [0.1, 0.15) is 16.2 Å². The Morgan fingerprint density at radius 1 is 1.40 bits per heavy atom. The molecular weight excluding hydrogens is 278 g/mol. The highest BCUT2D eigenvalue weighted by Crippen LogP contribution is 2.23. The summed E-state index contributed by atoms with van der Waals surface area (Å²) in [5.74, 6) is 6.23. The number of halogens is 1. The van der Waals surface area contributed by atoms with Crippen LogP contribution < -0.4 is 11.3 Å². The zero-order chi connectivity index (χ0) is 14.1. The van der Waals surface area contributed by atoms with Crippen LogP contribution in [0.2, 0.25) is 5.02 Å². The molecule has 1 aliphatic heterocycles. The SMILES string of the molecule is NNc1ccc(Cl)cc1C(=O)N1CCn2ccnc2C1. The predicted molar refractivity (Wildman–Crippen MR) is 76.2 cm³/mol. The molecule has 104 valence electrons. The molecule has 0 saturated heterocycles. The second-order valence-electron chi connectivity index (χ2n) is 4.60. The Kier molecular flexibility index (Phi) is 3.33. The number of hydrogen-bond acceptors (Lipinski definition) is 4. The van der Waals surface area contributed by atoms with Gasteiger partial charge >= 0.3 is 0 Å². The molecule has 0 saturated carbocycles. The van der Waals surface area contributed by atoms with Gasteiger partial charge in [-0.2, -0.15) is 0 Å². The van der Waals surface area contributed by atoms with E-state index in [1.54, 1.807) is 29.3 Å². The zero-order valence-electron chi connectivity index (χ0n) is 10.7. The highest BCUT2D eigenvalue weighted by Gasteiger charge is 2.24. The number of hydrazine groups is 1. The summed E-state index contributed by atoms with van der Waals surface area (Å²) >= 11 is 5.96. The van der Waals surface area contributed by atoms with E-state index in [1.165, 1.54) is 0 Å². The minimum Gasteiger partial charge on any atom is -0.332 e. The lowest BCUT2D eigenvalue weighted by molar-refractivity contribution is 0.0708. The molecule has 2 aromatic rings. The lowest BCUT2D eigenvalue weighted by Crippen LogP contribution is -2.38. The van der Waals surface area contributed by atoms with Gasteiger partial charge in [0, 0.05) is 30.5 Å². The Labute approximate surface area is 121 Å². The van der Waals surface area contributed by atoms with Crippen LogP contribution >= 0.6 is 11.6 Å². The van der Waals surface area contributed by atoms with Crippen molar-refractivity contribution in [2.24, 2.45) is 5.84 Å². The largest absolute Gasteiger partial charge is 0.332 e. The lowest BCUT2D eigenvalue weighted by Gasteiger charge is -2.28. The van der Waals surface area contributed by atoms with Crippen LogP contribution in [-0.4, -0.2) is 26.9 Å². The number of carbonyl (C=O) groups is 1. The molecule has 0 unspecified atom stereocenters. The van der Waals surface area contributed by atoms with Crippen LogP contribution in [0.3, 0.4) is 0 Å². The van der Waals surface area contributed by atoms with Gasteiger partial charge in [0.2, 0.25) is 0 Å². The summed E-state index contributed by atoms with van der Waals surface area (Å²) in [6.07, 6.45) is 3.67. The highest BCUT2D eigenvalue weighted by molar-refractivity contribution is 6.31. The van der Waals surface area contributed by atoms with E-state index < -0.39 is 0 Å². The van der Waals surface area contributed by atoms with Crippen molar-refractivity contribution in [2.45, 2.75) is 13.1 Å². The molecule has 1 aromatic carbocycles. The van der Waals surface area contributed by atoms with Gasteiger partial charge in [-0.1, -0.05) is 11.6 Å². The summed E-state index contributed by atoms with van der Waals surface area (Å²) in [6, 6.07) is 5.01. The van der Waals surface area contributed by atoms with E-state index in [0.717, 1.165) is 12.4 Å². The number of nitrogens with two attached hydrogens (primary N) is 1. The number of aromatic nitrogens is 2. The first kappa shape index (κ1) is 13.0. The van der Waals surface area contributed by atoms with Gasteiger partial charge in [0.1, 0.15) is 5.82 Å². The van der Waals surface area contributed by atoms with Crippen molar-refractivity contribution in [3.63, 3.8) is 0 Å². The molecule has 0 fully saturated rings. The maximum Gasteiger partial charge on any atom is 0.256 e. The van der Waals surface area contributed by atoms with E-state index in [4.69, 9.17) is 17.4 Å². The van der Waals surface area contributed by atoms with Crippen molar-refractivity contribution in [3.05, 3.63) is 47.0 Å². The molecule has 1 aliphatic rings. The maximum absolute atomic E-state index is 12.6. The Hall–Kier alpha value is -2.05. The van der Waals surface area contributed by atoms with E-state index in [-0.39, 0.29) is 5.91 Å². The minimum absolute atomic E-state index is 0.102. The van der Waals surface area contributed by atoms with Crippen molar-refractivity contribution >= 4 is 23.2 Å². The van der Waals surface area contributed by atoms with Crippen molar-refractivity contribution in [1.29, 1.82) is 0 Å². The fourth-order valence-corrected chi connectivity index (χ4v) is 2.51. The van der Waals surface area contributed by atoms with Crippen LogP contribution in [0.25, 0.3) is 0 Å². The van der Waals surface area contributed by atoms with Crippen molar-refractivity contribution in [3.8, 4) is 0 Å². The third-order valence-corrected chi connectivity index (χ3v) is 3.63. The van der Waals surface area contributed by atoms with Gasteiger partial charge in [0.25, 0.3) is 5.91 Å². The molecule has 0 radical (unpaired) electrons. The number of anilines is 1. The third-order valence-electron chi connectivity index (χ3n) is 3.40. The maximum atomic E-state index is 12.6. The number of nitrogens with one attached hydrogen (secondary N) is 1. The van der Waals surface area contributed by atoms with Crippen LogP contribution in [0.4, 0.5) is 5.69 Å². The number of fused-ring (bicyclic) bond motifs is 1. The number of nitrogens with zero attached hydrogens (tertiary/aromatic N) is 3. The molecule has 0 spiro atoms. The smallest absolute Gasteiger partial charge is 0.256 e. The lowest BCUT2D eigenvalue weighted by atomic mass is 10.1. The number of amides is 1. The van der Waals surface area contributed by atoms with Gasteiger partial charge in [-0.3, -0.25) is 10.6 Å². The second kappa shape index (κ2) is 5.15. The fraction of sp³-hybridized carbons (Fsp3) is 0.231. The van der Waals surface area contributed by atoms with Crippen molar-refractivity contribution in [1.82, 2.24) is 14.5 Å². The van der Waals surface area contributed by atoms with Crippen LogP contribution in [-0.2, 0) is 13.1 Å². The molecule has 0 atom stereocenters. The van der Waals surface area contributed by atoms with Gasteiger partial charge in [-0.15, -0.1) is 0 Å². The molecule has 6 nitrogen and oxygen atoms in total. The average Bonchev–Trinajstić information content (AvgIpc) is 2.93. The van der Waals surface area contributed by atoms with Crippen molar-refractivity contribution < 1.29 is 4.79 Å². The summed E-state index contributed by atoms with van der Waals surface area (Å²) in [5, 5.41) is 0.505. The quantitative estimate of drug-likeness (QED) is 0.649. The summed E-state index contributed by atoms with van der Waals surface area (Å²) < 4.78 is 2.05. The first-order valence-electron chi connectivity index (χ1n) is 6.24. The molecule has 7 heteroatoms. The monoisotopic (exact) mass is 291 g/mol. The average molecular weight is 292 g/mol. The van der Waals surface area contributed by atoms with Gasteiger partial charge in [-0.05, 0) is 18.2 Å². The fourth-order valence-electron chi connectivity index (χ4n) is 2.34. The van der Waals surface area contributed by atoms with Crippen molar-refractivity contribution in [2.75, 3.05) is 12.0 Å². The number of hydrogen-bond donors (Lipinski definition) is 2. The van der Waals surface area contributed by atoms with E-state index in [1.807, 2.05) is 10.8 Å². The molecule has 0 bridgehead atoms. The van der Waals surface area contributed by atoms with E-state index in [9.17, 15) is 4.79 Å². The number of imidazole rings is 1. The van der Waals surface area contributed by atoms with Crippen LogP contribution in [0.5, 0.6) is 0 Å². The normalized spacial score (nSPS) is 14.0. The topological polar surface area (TPSA) is 76.2 Å². The summed E-state index contributed by atoms with van der Waals surface area (Å²) in [7, 11) is 0. The molecule has 20 heavy (non-hydrogen) atoms. The summed E-state index contributed by atoms with van der Waals surface area (Å²) in [6.45, 7) is 1.87. The number of carbonyl (C=O) groups excluding carboxylic acids is 1. The van der Waals surface area contributed by atoms with E-state index in [2.05, 4.69) is 10.4 Å². The zero-order valence-corrected chi connectivity index (χ0v) is 11.5. The Morgan fingerprint density at radius 3 is 3.05 bits per heavy atom. The molecule has 2 heterocycles. The summed E-state index contributed by atoms with van der Waals surface area (Å²) in [4.78, 5) is 18.6. The molecule has 1 amide bonds. The Bertz CT molecular complexity index is 654. The minimum atomic E-state index is -0.102. The molecule has 0 aliphatic carbocycles. The Balaban J connectivity index is 1.88. The first-order chi connectivity index (χ1) is 9.69. The third kappa shape index (κ3) is 2.23. The number of nitrogen functional groups attached to an aromatic ring is 1. The molecule has 3 rings (SSSR count). The van der Waals surface area contributed by atoms with Gasteiger partial charge in [0.05, 0.1) is 17.8 Å². The predicted octanol–water partition coefficient (Wildman–Crippen LogP) is 1.48. The Morgan fingerprint density at radius 2 is 2.25 bits per heavy atom. The molecular formula is C13H14ClN5O. The standard InChI is InChI=1S/C13H14ClN5O/c14-9-1-2-11(17-15)10(7-9)13(20)19-6-5-18-4-3-16-12(18)8-19/h1-4,7,17H,5-6,8,15H2. The van der Waals surface area contributed by atoms with Gasteiger partial charge < -0.3 is 14.9 Å². The highest BCUT2D eigenvalue weighted by atomic mass is 35.5. The first-order valence-corrected chi connectivity index (χ1v) is 6.62. The van der Waals surface area contributed by atoms with Crippen LogP contribution in [0, 0.1) is 0 Å². The number of rotatable bonds is 2. The molecule has 1 aromatic heterocycles. The van der Waals surface area contributed by atoms with Crippen LogP contribution in [0.15, 0.2) is 30.6 Å². The number of benzene rings is 1. The molecule has 3 N–H and O–H groups in total.